The number of halogens is 3. The van der Waals surface area contributed by atoms with Gasteiger partial charge in [-0.25, -0.2) is 4.39 Å². The van der Waals surface area contributed by atoms with Crippen LogP contribution in [0.1, 0.15) is 15.9 Å². The summed E-state index contributed by atoms with van der Waals surface area (Å²) in [6, 6.07) is 8.56. The maximum atomic E-state index is 13.7. The third kappa shape index (κ3) is 2.72. The van der Waals surface area contributed by atoms with Crippen LogP contribution in [0.5, 0.6) is 5.75 Å². The lowest BCUT2D eigenvalue weighted by Crippen LogP contribution is -2.05. The highest BCUT2D eigenvalue weighted by Gasteiger charge is 2.18. The molecule has 19 heavy (non-hydrogen) atoms. The summed E-state index contributed by atoms with van der Waals surface area (Å²) in [7, 11) is 1.47. The highest BCUT2D eigenvalue weighted by Crippen LogP contribution is 2.28. The first-order valence-corrected chi connectivity index (χ1v) is 6.12. The quantitative estimate of drug-likeness (QED) is 0.787. The van der Waals surface area contributed by atoms with Crippen molar-refractivity contribution in [1.82, 2.24) is 0 Å². The Bertz CT molecular complexity index is 621. The lowest BCUT2D eigenvalue weighted by Gasteiger charge is -2.07. The Morgan fingerprint density at radius 2 is 1.89 bits per heavy atom. The van der Waals surface area contributed by atoms with Crippen molar-refractivity contribution in [2.45, 2.75) is 0 Å². The minimum absolute atomic E-state index is 0.0666. The predicted molar refractivity (Wildman–Crippen MR) is 72.8 cm³/mol. The van der Waals surface area contributed by atoms with Crippen LogP contribution in [0.2, 0.25) is 10.0 Å². The minimum Gasteiger partial charge on any atom is -0.495 e. The van der Waals surface area contributed by atoms with Crippen molar-refractivity contribution >= 4 is 29.0 Å². The zero-order valence-electron chi connectivity index (χ0n) is 9.91. The fourth-order valence-electron chi connectivity index (χ4n) is 1.67. The minimum atomic E-state index is -0.663. The van der Waals surface area contributed by atoms with Crippen LogP contribution in [0.25, 0.3) is 0 Å². The van der Waals surface area contributed by atoms with Crippen LogP contribution >= 0.6 is 23.2 Å². The summed E-state index contributed by atoms with van der Waals surface area (Å²) in [5, 5.41) is 0.345. The van der Waals surface area contributed by atoms with Crippen molar-refractivity contribution in [2.24, 2.45) is 0 Å². The second kappa shape index (κ2) is 5.59. The lowest BCUT2D eigenvalue weighted by molar-refractivity contribution is 0.103. The topological polar surface area (TPSA) is 26.3 Å². The van der Waals surface area contributed by atoms with Crippen LogP contribution in [-0.4, -0.2) is 12.9 Å². The number of methoxy groups -OCH3 is 1. The molecule has 0 amide bonds. The lowest BCUT2D eigenvalue weighted by atomic mass is 10.0. The van der Waals surface area contributed by atoms with Crippen molar-refractivity contribution in [3.63, 3.8) is 0 Å². The third-order valence-corrected chi connectivity index (χ3v) is 3.21. The first-order valence-electron chi connectivity index (χ1n) is 5.37. The molecule has 0 heterocycles. The van der Waals surface area contributed by atoms with Gasteiger partial charge in [0.05, 0.1) is 22.7 Å². The van der Waals surface area contributed by atoms with E-state index in [1.807, 2.05) is 0 Å². The average Bonchev–Trinajstić information content (AvgIpc) is 2.38. The summed E-state index contributed by atoms with van der Waals surface area (Å²) < 4.78 is 18.7. The van der Waals surface area contributed by atoms with Gasteiger partial charge in [0.25, 0.3) is 0 Å². The average molecular weight is 299 g/mol. The second-order valence-corrected chi connectivity index (χ2v) is 4.59. The van der Waals surface area contributed by atoms with E-state index in [9.17, 15) is 9.18 Å². The molecule has 0 aliphatic carbocycles. The first-order chi connectivity index (χ1) is 9.04. The van der Waals surface area contributed by atoms with Crippen molar-refractivity contribution in [3.8, 4) is 5.75 Å². The van der Waals surface area contributed by atoms with E-state index in [4.69, 9.17) is 27.9 Å². The summed E-state index contributed by atoms with van der Waals surface area (Å²) >= 11 is 11.8. The number of benzene rings is 2. The SMILES string of the molecule is COc1ccc(C(=O)c2c(F)cccc2Cl)cc1Cl. The highest BCUT2D eigenvalue weighted by atomic mass is 35.5. The van der Waals surface area contributed by atoms with Crippen LogP contribution in [0.4, 0.5) is 4.39 Å². The van der Waals surface area contributed by atoms with Gasteiger partial charge in [0, 0.05) is 5.56 Å². The van der Waals surface area contributed by atoms with Gasteiger partial charge in [-0.15, -0.1) is 0 Å². The zero-order valence-corrected chi connectivity index (χ0v) is 11.4. The summed E-state index contributed by atoms with van der Waals surface area (Å²) in [6.07, 6.45) is 0. The first kappa shape index (κ1) is 13.8. The molecular formula is C14H9Cl2FO2. The summed E-state index contributed by atoms with van der Waals surface area (Å²) in [4.78, 5) is 12.2. The van der Waals surface area contributed by atoms with E-state index in [0.717, 1.165) is 0 Å². The van der Waals surface area contributed by atoms with Gasteiger partial charge in [0.15, 0.2) is 5.78 Å². The third-order valence-electron chi connectivity index (χ3n) is 2.60. The van der Waals surface area contributed by atoms with E-state index in [-0.39, 0.29) is 21.2 Å². The molecule has 0 saturated carbocycles. The monoisotopic (exact) mass is 298 g/mol. The fraction of sp³-hybridized carbons (Fsp3) is 0.0714. The van der Waals surface area contributed by atoms with Gasteiger partial charge in [-0.1, -0.05) is 29.3 Å². The molecule has 2 aromatic rings. The number of rotatable bonds is 3. The van der Waals surface area contributed by atoms with Gasteiger partial charge in [0.1, 0.15) is 11.6 Å². The zero-order chi connectivity index (χ0) is 14.0. The maximum Gasteiger partial charge on any atom is 0.197 e. The Balaban J connectivity index is 2.48. The van der Waals surface area contributed by atoms with E-state index < -0.39 is 11.6 Å². The van der Waals surface area contributed by atoms with Crippen LogP contribution < -0.4 is 4.74 Å². The van der Waals surface area contributed by atoms with Crippen molar-refractivity contribution in [1.29, 1.82) is 0 Å². The fourth-order valence-corrected chi connectivity index (χ4v) is 2.17. The second-order valence-electron chi connectivity index (χ2n) is 3.78. The molecule has 0 fully saturated rings. The van der Waals surface area contributed by atoms with Gasteiger partial charge in [-0.2, -0.15) is 0 Å². The smallest absolute Gasteiger partial charge is 0.197 e. The highest BCUT2D eigenvalue weighted by molar-refractivity contribution is 6.35. The van der Waals surface area contributed by atoms with E-state index in [0.29, 0.717) is 5.75 Å². The van der Waals surface area contributed by atoms with Gasteiger partial charge in [0.2, 0.25) is 0 Å². The Hall–Kier alpha value is -1.58. The molecule has 2 aromatic carbocycles. The van der Waals surface area contributed by atoms with Crippen molar-refractivity contribution in [2.75, 3.05) is 7.11 Å². The van der Waals surface area contributed by atoms with E-state index >= 15 is 0 Å². The Labute approximate surface area is 119 Å². The molecule has 0 N–H and O–H groups in total. The molecule has 0 aliphatic rings. The number of carbonyl (C=O) groups excluding carboxylic acids is 1. The van der Waals surface area contributed by atoms with E-state index in [1.54, 1.807) is 6.07 Å². The Morgan fingerprint density at radius 1 is 1.16 bits per heavy atom. The largest absolute Gasteiger partial charge is 0.495 e. The van der Waals surface area contributed by atoms with Gasteiger partial charge >= 0.3 is 0 Å². The molecule has 5 heteroatoms. The van der Waals surface area contributed by atoms with Crippen LogP contribution in [0.15, 0.2) is 36.4 Å². The van der Waals surface area contributed by atoms with Gasteiger partial charge < -0.3 is 4.74 Å². The number of carbonyl (C=O) groups is 1. The molecule has 0 aliphatic heterocycles. The maximum absolute atomic E-state index is 13.7. The van der Waals surface area contributed by atoms with Crippen LogP contribution in [0, 0.1) is 5.82 Å². The number of hydrogen-bond donors (Lipinski definition) is 0. The summed E-state index contributed by atoms with van der Waals surface area (Å²) in [5.41, 5.74) is 0.0863. The molecule has 2 rings (SSSR count). The molecule has 0 bridgehead atoms. The molecule has 0 aromatic heterocycles. The van der Waals surface area contributed by atoms with Gasteiger partial charge in [-0.3, -0.25) is 4.79 Å². The molecule has 0 spiro atoms. The molecule has 0 unspecified atom stereocenters. The molecule has 0 radical (unpaired) electrons. The molecule has 0 atom stereocenters. The normalized spacial score (nSPS) is 10.3. The number of ether oxygens (including phenoxy) is 1. The number of ketones is 1. The standard InChI is InChI=1S/C14H9Cl2FO2/c1-19-12-6-5-8(7-10(12)16)14(18)13-9(15)3-2-4-11(13)17/h2-7H,1H3. The predicted octanol–water partition coefficient (Wildman–Crippen LogP) is 4.37. The Morgan fingerprint density at radius 3 is 2.47 bits per heavy atom. The summed E-state index contributed by atoms with van der Waals surface area (Å²) in [5.74, 6) is -0.741. The molecule has 98 valence electrons. The van der Waals surface area contributed by atoms with Crippen LogP contribution in [-0.2, 0) is 0 Å². The molecule has 0 saturated heterocycles. The summed E-state index contributed by atoms with van der Waals surface area (Å²) in [6.45, 7) is 0. The number of hydrogen-bond acceptors (Lipinski definition) is 2. The molecule has 2 nitrogen and oxygen atoms in total. The van der Waals surface area contributed by atoms with E-state index in [2.05, 4.69) is 0 Å². The van der Waals surface area contributed by atoms with Crippen molar-refractivity contribution in [3.05, 3.63) is 63.4 Å². The van der Waals surface area contributed by atoms with Crippen LogP contribution in [0.3, 0.4) is 0 Å². The van der Waals surface area contributed by atoms with Crippen molar-refractivity contribution < 1.29 is 13.9 Å². The Kier molecular flexibility index (Phi) is 4.08. The molecular weight excluding hydrogens is 290 g/mol. The van der Waals surface area contributed by atoms with Gasteiger partial charge in [-0.05, 0) is 30.3 Å². The van der Waals surface area contributed by atoms with E-state index in [1.165, 1.54) is 37.4 Å².